The maximum atomic E-state index is 8.35. The monoisotopic (exact) mass is 139 g/mol. The van der Waals surface area contributed by atoms with Gasteiger partial charge in [0.05, 0.1) is 0 Å². The van der Waals surface area contributed by atoms with Gasteiger partial charge in [0, 0.05) is 12.5 Å². The van der Waals surface area contributed by atoms with Crippen LogP contribution in [0.3, 0.4) is 0 Å². The number of hydrogen-bond donors (Lipinski definition) is 2. The molecule has 56 valence electrons. The Morgan fingerprint density at radius 1 is 1.50 bits per heavy atom. The summed E-state index contributed by atoms with van der Waals surface area (Å²) in [5.41, 5.74) is 0. The molecule has 1 rings (SSSR count). The summed E-state index contributed by atoms with van der Waals surface area (Å²) < 4.78 is 0. The van der Waals surface area contributed by atoms with Crippen LogP contribution < -0.4 is 5.32 Å². The molecule has 1 aliphatic heterocycles. The summed E-state index contributed by atoms with van der Waals surface area (Å²) in [6.07, 6.45) is 3.39. The van der Waals surface area contributed by atoms with Gasteiger partial charge in [-0.05, 0) is 19.4 Å². The third-order valence-corrected chi connectivity index (χ3v) is 1.71. The highest BCUT2D eigenvalue weighted by Gasteiger charge is 2.11. The van der Waals surface area contributed by atoms with Gasteiger partial charge in [0.15, 0.2) is 0 Å². The predicted octanol–water partition coefficient (Wildman–Crippen LogP) is 0.124. The molecule has 1 fully saturated rings. The number of nitrogens with one attached hydrogen (secondary N) is 1. The lowest BCUT2D eigenvalue weighted by Crippen LogP contribution is -2.20. The average Bonchev–Trinajstić information content (AvgIpc) is 2.41. The summed E-state index contributed by atoms with van der Waals surface area (Å²) >= 11 is 0. The van der Waals surface area contributed by atoms with E-state index >= 15 is 0 Å². The molecule has 2 N–H and O–H groups in total. The summed E-state index contributed by atoms with van der Waals surface area (Å²) in [5.74, 6) is 5.56. The van der Waals surface area contributed by atoms with Gasteiger partial charge in [-0.3, -0.25) is 0 Å². The molecular formula is C8H13NO. The van der Waals surface area contributed by atoms with Gasteiger partial charge in [-0.15, -0.1) is 0 Å². The van der Waals surface area contributed by atoms with Crippen molar-refractivity contribution in [1.82, 2.24) is 5.32 Å². The fraction of sp³-hybridized carbons (Fsp3) is 0.750. The quantitative estimate of drug-likeness (QED) is 0.506. The van der Waals surface area contributed by atoms with Gasteiger partial charge in [-0.2, -0.15) is 0 Å². The second kappa shape index (κ2) is 4.32. The van der Waals surface area contributed by atoms with Gasteiger partial charge in [-0.1, -0.05) is 11.8 Å². The Morgan fingerprint density at radius 3 is 3.00 bits per heavy atom. The fourth-order valence-electron chi connectivity index (χ4n) is 1.18. The van der Waals surface area contributed by atoms with Gasteiger partial charge in [-0.25, -0.2) is 0 Å². The minimum absolute atomic E-state index is 0.00722. The molecule has 0 bridgehead atoms. The standard InChI is InChI=1S/C8H13NO/c10-7-2-1-4-8-5-3-6-9-8/h8-10H,3-7H2. The molecule has 0 aromatic carbocycles. The Bertz CT molecular complexity index is 139. The van der Waals surface area contributed by atoms with E-state index in [-0.39, 0.29) is 6.61 Å². The van der Waals surface area contributed by atoms with E-state index in [0.717, 1.165) is 13.0 Å². The first-order valence-corrected chi connectivity index (χ1v) is 3.73. The number of aliphatic hydroxyl groups is 1. The highest BCUT2D eigenvalue weighted by Crippen LogP contribution is 2.06. The van der Waals surface area contributed by atoms with Crippen LogP contribution in [0.1, 0.15) is 19.3 Å². The molecule has 0 radical (unpaired) electrons. The number of rotatable bonds is 1. The van der Waals surface area contributed by atoms with Crippen LogP contribution in [0.5, 0.6) is 0 Å². The van der Waals surface area contributed by atoms with Crippen molar-refractivity contribution in [2.75, 3.05) is 13.2 Å². The molecule has 0 aromatic heterocycles. The van der Waals surface area contributed by atoms with E-state index in [1.165, 1.54) is 12.8 Å². The molecule has 1 unspecified atom stereocenters. The SMILES string of the molecule is OCC#CCC1CCCN1. The topological polar surface area (TPSA) is 32.3 Å². The minimum atomic E-state index is -0.00722. The van der Waals surface area contributed by atoms with Crippen LogP contribution in [0.15, 0.2) is 0 Å². The molecule has 2 nitrogen and oxygen atoms in total. The zero-order valence-electron chi connectivity index (χ0n) is 6.06. The molecule has 1 aliphatic rings. The van der Waals surface area contributed by atoms with E-state index in [2.05, 4.69) is 17.2 Å². The van der Waals surface area contributed by atoms with Crippen LogP contribution >= 0.6 is 0 Å². The Hall–Kier alpha value is -0.520. The van der Waals surface area contributed by atoms with Gasteiger partial charge in [0.25, 0.3) is 0 Å². The zero-order chi connectivity index (χ0) is 7.23. The Kier molecular flexibility index (Phi) is 3.28. The maximum Gasteiger partial charge on any atom is 0.104 e. The van der Waals surface area contributed by atoms with Gasteiger partial charge in [0.2, 0.25) is 0 Å². The van der Waals surface area contributed by atoms with Gasteiger partial charge in [0.1, 0.15) is 6.61 Å². The highest BCUT2D eigenvalue weighted by atomic mass is 16.2. The summed E-state index contributed by atoms with van der Waals surface area (Å²) in [7, 11) is 0. The second-order valence-electron chi connectivity index (χ2n) is 2.51. The normalized spacial score (nSPS) is 23.9. The van der Waals surface area contributed by atoms with E-state index in [1.807, 2.05) is 0 Å². The third-order valence-electron chi connectivity index (χ3n) is 1.71. The molecule has 1 atom stereocenters. The van der Waals surface area contributed by atoms with E-state index in [9.17, 15) is 0 Å². The molecule has 0 spiro atoms. The Morgan fingerprint density at radius 2 is 2.40 bits per heavy atom. The molecule has 10 heavy (non-hydrogen) atoms. The first-order chi connectivity index (χ1) is 4.93. The lowest BCUT2D eigenvalue weighted by molar-refractivity contribution is 0.350. The van der Waals surface area contributed by atoms with Crippen molar-refractivity contribution in [3.63, 3.8) is 0 Å². The van der Waals surface area contributed by atoms with E-state index in [4.69, 9.17) is 5.11 Å². The smallest absolute Gasteiger partial charge is 0.104 e. The van der Waals surface area contributed by atoms with Crippen molar-refractivity contribution < 1.29 is 5.11 Å². The predicted molar refractivity (Wildman–Crippen MR) is 40.5 cm³/mol. The number of hydrogen-bond acceptors (Lipinski definition) is 2. The zero-order valence-corrected chi connectivity index (χ0v) is 6.06. The van der Waals surface area contributed by atoms with Crippen molar-refractivity contribution in [3.05, 3.63) is 0 Å². The summed E-state index contributed by atoms with van der Waals surface area (Å²) in [6, 6.07) is 0.582. The first-order valence-electron chi connectivity index (χ1n) is 3.73. The first kappa shape index (κ1) is 7.59. The molecule has 1 saturated heterocycles. The lowest BCUT2D eigenvalue weighted by Gasteiger charge is -2.02. The van der Waals surface area contributed by atoms with Crippen molar-refractivity contribution >= 4 is 0 Å². The van der Waals surface area contributed by atoms with Crippen molar-refractivity contribution in [2.24, 2.45) is 0 Å². The van der Waals surface area contributed by atoms with Crippen LogP contribution in [-0.4, -0.2) is 24.3 Å². The van der Waals surface area contributed by atoms with Gasteiger partial charge < -0.3 is 10.4 Å². The van der Waals surface area contributed by atoms with E-state index < -0.39 is 0 Å². The van der Waals surface area contributed by atoms with Crippen LogP contribution in [-0.2, 0) is 0 Å². The largest absolute Gasteiger partial charge is 0.384 e. The third kappa shape index (κ3) is 2.38. The maximum absolute atomic E-state index is 8.35. The van der Waals surface area contributed by atoms with E-state index in [0.29, 0.717) is 6.04 Å². The molecule has 1 heterocycles. The van der Waals surface area contributed by atoms with Crippen LogP contribution in [0.4, 0.5) is 0 Å². The highest BCUT2D eigenvalue weighted by molar-refractivity contribution is 5.01. The molecular weight excluding hydrogens is 126 g/mol. The fourth-order valence-corrected chi connectivity index (χ4v) is 1.18. The van der Waals surface area contributed by atoms with Crippen LogP contribution in [0.25, 0.3) is 0 Å². The second-order valence-corrected chi connectivity index (χ2v) is 2.51. The molecule has 0 saturated carbocycles. The van der Waals surface area contributed by atoms with Crippen molar-refractivity contribution in [3.8, 4) is 11.8 Å². The summed E-state index contributed by atoms with van der Waals surface area (Å²) in [4.78, 5) is 0. The Labute approximate surface area is 61.6 Å². The van der Waals surface area contributed by atoms with Crippen LogP contribution in [0.2, 0.25) is 0 Å². The summed E-state index contributed by atoms with van der Waals surface area (Å²) in [6.45, 7) is 1.12. The summed E-state index contributed by atoms with van der Waals surface area (Å²) in [5, 5.41) is 11.7. The molecule has 2 heteroatoms. The average molecular weight is 139 g/mol. The molecule has 0 aliphatic carbocycles. The van der Waals surface area contributed by atoms with E-state index in [1.54, 1.807) is 0 Å². The Balaban J connectivity index is 2.12. The molecule has 0 aromatic rings. The van der Waals surface area contributed by atoms with Crippen molar-refractivity contribution in [2.45, 2.75) is 25.3 Å². The number of aliphatic hydroxyl groups excluding tert-OH is 1. The van der Waals surface area contributed by atoms with Crippen LogP contribution in [0, 0.1) is 11.8 Å². The van der Waals surface area contributed by atoms with Crippen molar-refractivity contribution in [1.29, 1.82) is 0 Å². The lowest BCUT2D eigenvalue weighted by atomic mass is 10.2. The molecule has 0 amide bonds. The minimum Gasteiger partial charge on any atom is -0.384 e. The van der Waals surface area contributed by atoms with Gasteiger partial charge >= 0.3 is 0 Å².